The lowest BCUT2D eigenvalue weighted by Gasteiger charge is -2.13. The van der Waals surface area contributed by atoms with Crippen molar-refractivity contribution in [2.75, 3.05) is 7.11 Å². The van der Waals surface area contributed by atoms with Crippen LogP contribution >= 0.6 is 0 Å². The summed E-state index contributed by atoms with van der Waals surface area (Å²) in [5.41, 5.74) is -0.234. The zero-order chi connectivity index (χ0) is 16.4. The molecule has 0 saturated carbocycles. The number of aryl methyl sites for hydroxylation is 2. The first-order chi connectivity index (χ1) is 9.65. The van der Waals surface area contributed by atoms with Gasteiger partial charge < -0.3 is 14.3 Å². The number of hydrogen-bond acceptors (Lipinski definition) is 6. The first kappa shape index (κ1) is 17.2. The first-order valence-electron chi connectivity index (χ1n) is 6.09. The summed E-state index contributed by atoms with van der Waals surface area (Å²) >= 11 is 0. The number of hydrogen-bond donors (Lipinski definition) is 2. The van der Waals surface area contributed by atoms with Crippen molar-refractivity contribution in [1.82, 2.24) is 4.72 Å². The van der Waals surface area contributed by atoms with Crippen molar-refractivity contribution >= 4 is 22.0 Å². The van der Waals surface area contributed by atoms with Gasteiger partial charge in [0.1, 0.15) is 28.0 Å². The number of carbonyl (C=O) groups is 2. The largest absolute Gasteiger partial charge is 0.480 e. The minimum atomic E-state index is -4.24. The highest BCUT2D eigenvalue weighted by Crippen LogP contribution is 2.27. The number of esters is 1. The number of sulfonamides is 1. The Balaban J connectivity index is 3.38. The number of ether oxygens (including phenoxy) is 1. The molecule has 0 fully saturated rings. The Hall–Kier alpha value is -1.87. The quantitative estimate of drug-likeness (QED) is 0.744. The van der Waals surface area contributed by atoms with Crippen LogP contribution in [-0.4, -0.2) is 38.6 Å². The minimum Gasteiger partial charge on any atom is -0.480 e. The zero-order valence-electron chi connectivity index (χ0n) is 12.1. The van der Waals surface area contributed by atoms with E-state index in [1.807, 2.05) is 4.72 Å². The molecule has 1 heterocycles. The van der Waals surface area contributed by atoms with E-state index in [-0.39, 0.29) is 23.5 Å². The molecule has 1 aromatic rings. The van der Waals surface area contributed by atoms with E-state index in [0.717, 1.165) is 7.11 Å². The normalized spacial score (nSPS) is 13.0. The van der Waals surface area contributed by atoms with E-state index in [2.05, 4.69) is 4.74 Å². The Morgan fingerprint density at radius 1 is 1.33 bits per heavy atom. The highest BCUT2D eigenvalue weighted by Gasteiger charge is 2.34. The van der Waals surface area contributed by atoms with Gasteiger partial charge in [0.25, 0.3) is 0 Å². The molecule has 0 spiro atoms. The highest BCUT2D eigenvalue weighted by atomic mass is 32.2. The van der Waals surface area contributed by atoms with Gasteiger partial charge in [0.15, 0.2) is 0 Å². The van der Waals surface area contributed by atoms with E-state index in [1.165, 1.54) is 20.8 Å². The predicted molar refractivity (Wildman–Crippen MR) is 71.6 cm³/mol. The van der Waals surface area contributed by atoms with Crippen LogP contribution in [0.4, 0.5) is 0 Å². The maximum Gasteiger partial charge on any atom is 0.342 e. The topological polar surface area (TPSA) is 123 Å². The van der Waals surface area contributed by atoms with Crippen molar-refractivity contribution in [2.24, 2.45) is 0 Å². The number of carboxylic acid groups (broad SMARTS) is 1. The zero-order valence-corrected chi connectivity index (χ0v) is 12.9. The third-order valence-electron chi connectivity index (χ3n) is 2.87. The smallest absolute Gasteiger partial charge is 0.342 e. The van der Waals surface area contributed by atoms with Crippen LogP contribution in [0.25, 0.3) is 0 Å². The molecular weight excluding hydrogens is 302 g/mol. The molecule has 1 atom stereocenters. The Morgan fingerprint density at radius 2 is 1.90 bits per heavy atom. The third kappa shape index (κ3) is 3.42. The molecule has 2 N–H and O–H groups in total. The molecule has 0 radical (unpaired) electrons. The molecule has 1 aromatic heterocycles. The summed E-state index contributed by atoms with van der Waals surface area (Å²) in [5.74, 6) is -2.10. The fourth-order valence-corrected chi connectivity index (χ4v) is 3.56. The van der Waals surface area contributed by atoms with Gasteiger partial charge in [-0.2, -0.15) is 4.72 Å². The first-order valence-corrected chi connectivity index (χ1v) is 7.57. The Bertz CT molecular complexity index is 659. The van der Waals surface area contributed by atoms with Gasteiger partial charge in [0, 0.05) is 0 Å². The molecule has 1 rings (SSSR count). The predicted octanol–water partition coefficient (Wildman–Crippen LogP) is 0.825. The molecule has 8 nitrogen and oxygen atoms in total. The summed E-state index contributed by atoms with van der Waals surface area (Å²) < 4.78 is 36.4. The van der Waals surface area contributed by atoms with Gasteiger partial charge in [-0.1, -0.05) is 6.92 Å². The van der Waals surface area contributed by atoms with Crippen LogP contribution in [0.15, 0.2) is 9.31 Å². The lowest BCUT2D eigenvalue weighted by Crippen LogP contribution is -2.40. The van der Waals surface area contributed by atoms with Gasteiger partial charge in [-0.15, -0.1) is 0 Å². The summed E-state index contributed by atoms with van der Waals surface area (Å²) in [5, 5.41) is 8.94. The molecular formula is C12H17NO7S. The maximum atomic E-state index is 12.3. The second kappa shape index (κ2) is 6.27. The van der Waals surface area contributed by atoms with Crippen molar-refractivity contribution in [3.63, 3.8) is 0 Å². The Kier molecular flexibility index (Phi) is 5.13. The molecule has 0 amide bonds. The fraction of sp³-hybridized carbons (Fsp3) is 0.500. The minimum absolute atomic E-state index is 0.0133. The Labute approximate surface area is 122 Å². The molecule has 0 aromatic carbocycles. The SMILES string of the molecule is CC[C@@H](NS(=O)(=O)c1c(C)oc(C)c1C(=O)OC)C(=O)O. The number of nitrogens with one attached hydrogen (secondary N) is 1. The number of carboxylic acids is 1. The third-order valence-corrected chi connectivity index (χ3v) is 4.49. The molecule has 0 aliphatic rings. The van der Waals surface area contributed by atoms with Crippen molar-refractivity contribution < 1.29 is 32.3 Å². The fourth-order valence-electron chi connectivity index (χ4n) is 1.88. The van der Waals surface area contributed by atoms with E-state index < -0.39 is 32.9 Å². The average Bonchev–Trinajstić information content (AvgIpc) is 2.70. The second-order valence-electron chi connectivity index (χ2n) is 4.33. The number of aliphatic carboxylic acids is 1. The van der Waals surface area contributed by atoms with E-state index >= 15 is 0 Å². The van der Waals surface area contributed by atoms with Gasteiger partial charge in [0.05, 0.1) is 7.11 Å². The monoisotopic (exact) mass is 319 g/mol. The van der Waals surface area contributed by atoms with Crippen molar-refractivity contribution in [3.05, 3.63) is 17.1 Å². The van der Waals surface area contributed by atoms with Gasteiger partial charge in [-0.25, -0.2) is 13.2 Å². The van der Waals surface area contributed by atoms with E-state index in [0.29, 0.717) is 0 Å². The maximum absolute atomic E-state index is 12.3. The summed E-state index contributed by atoms with van der Waals surface area (Å²) in [6.07, 6.45) is 0.0536. The Morgan fingerprint density at radius 3 is 2.33 bits per heavy atom. The van der Waals surface area contributed by atoms with Crippen LogP contribution in [-0.2, 0) is 19.6 Å². The number of methoxy groups -OCH3 is 1. The molecule has 0 unspecified atom stereocenters. The lowest BCUT2D eigenvalue weighted by atomic mass is 10.2. The van der Waals surface area contributed by atoms with Crippen LogP contribution in [0.2, 0.25) is 0 Å². The standard InChI is InChI=1S/C12H17NO7S/c1-5-8(11(14)15)13-21(17,18)10-7(3)20-6(2)9(10)12(16)19-4/h8,13H,5H2,1-4H3,(H,14,15)/t8-/m1/s1. The summed E-state index contributed by atoms with van der Waals surface area (Å²) in [6, 6.07) is -1.30. The van der Waals surface area contributed by atoms with Gasteiger partial charge in [0.2, 0.25) is 10.0 Å². The number of rotatable bonds is 6. The van der Waals surface area contributed by atoms with Gasteiger partial charge in [-0.05, 0) is 20.3 Å². The summed E-state index contributed by atoms with van der Waals surface area (Å²) in [4.78, 5) is 22.3. The average molecular weight is 319 g/mol. The number of carbonyl (C=O) groups excluding carboxylic acids is 1. The molecule has 21 heavy (non-hydrogen) atoms. The van der Waals surface area contributed by atoms with Crippen molar-refractivity contribution in [2.45, 2.75) is 38.1 Å². The van der Waals surface area contributed by atoms with E-state index in [9.17, 15) is 18.0 Å². The van der Waals surface area contributed by atoms with Crippen LogP contribution in [0.5, 0.6) is 0 Å². The number of furan rings is 1. The van der Waals surface area contributed by atoms with Crippen LogP contribution < -0.4 is 4.72 Å². The molecule has 0 aliphatic carbocycles. The molecule has 118 valence electrons. The summed E-state index contributed by atoms with van der Waals surface area (Å²) in [6.45, 7) is 4.32. The van der Waals surface area contributed by atoms with Crippen LogP contribution in [0.1, 0.15) is 35.2 Å². The lowest BCUT2D eigenvalue weighted by molar-refractivity contribution is -0.139. The molecule has 0 saturated heterocycles. The molecule has 0 aliphatic heterocycles. The van der Waals surface area contributed by atoms with Crippen LogP contribution in [0, 0.1) is 13.8 Å². The van der Waals surface area contributed by atoms with E-state index in [1.54, 1.807) is 0 Å². The highest BCUT2D eigenvalue weighted by molar-refractivity contribution is 7.89. The van der Waals surface area contributed by atoms with Crippen molar-refractivity contribution in [1.29, 1.82) is 0 Å². The van der Waals surface area contributed by atoms with E-state index in [4.69, 9.17) is 9.52 Å². The van der Waals surface area contributed by atoms with Gasteiger partial charge >= 0.3 is 11.9 Å². The van der Waals surface area contributed by atoms with Crippen LogP contribution in [0.3, 0.4) is 0 Å². The summed E-state index contributed by atoms with van der Waals surface area (Å²) in [7, 11) is -3.13. The van der Waals surface area contributed by atoms with Gasteiger partial charge in [-0.3, -0.25) is 4.79 Å². The second-order valence-corrected chi connectivity index (χ2v) is 5.98. The molecule has 9 heteroatoms. The molecule has 0 bridgehead atoms. The van der Waals surface area contributed by atoms with Crippen molar-refractivity contribution in [3.8, 4) is 0 Å².